The molecule has 0 saturated heterocycles. The highest BCUT2D eigenvalue weighted by Crippen LogP contribution is 2.36. The Kier molecular flexibility index (Phi) is 10.5. The van der Waals surface area contributed by atoms with E-state index in [1.807, 2.05) is 19.9 Å². The van der Waals surface area contributed by atoms with E-state index in [0.29, 0.717) is 46.3 Å². The lowest BCUT2D eigenvalue weighted by molar-refractivity contribution is -0.119. The summed E-state index contributed by atoms with van der Waals surface area (Å²) < 4.78 is 89.4. The Hall–Kier alpha value is -5.08. The number of sulfonamides is 2. The van der Waals surface area contributed by atoms with E-state index < -0.39 is 43.2 Å². The van der Waals surface area contributed by atoms with Crippen LogP contribution in [0.2, 0.25) is 0 Å². The van der Waals surface area contributed by atoms with Crippen LogP contribution in [0.1, 0.15) is 53.1 Å². The monoisotopic (exact) mass is 762 g/mol. The highest BCUT2D eigenvalue weighted by atomic mass is 32.2. The highest BCUT2D eigenvalue weighted by Gasteiger charge is 2.29. The number of amides is 2. The van der Waals surface area contributed by atoms with Gasteiger partial charge in [0.2, 0.25) is 31.9 Å². The largest absolute Gasteiger partial charge is 0.310 e. The molecule has 0 saturated carbocycles. The van der Waals surface area contributed by atoms with E-state index in [1.54, 1.807) is 43.3 Å². The second-order valence-electron chi connectivity index (χ2n) is 13.4. The third kappa shape index (κ3) is 8.13. The van der Waals surface area contributed by atoms with Crippen molar-refractivity contribution in [3.8, 4) is 11.1 Å². The number of carbonyl (C=O) groups excluding carboxylic acids is 2. The van der Waals surface area contributed by atoms with Crippen molar-refractivity contribution >= 4 is 54.6 Å². The van der Waals surface area contributed by atoms with Crippen LogP contribution in [0.3, 0.4) is 0 Å². The standard InChI is InChI=1S/C39H40F2N4O6S2/c1-5-15-45-37(47)14-12-28-19-30(21-35(41)39(28)45)42-52(48,49)22-26-9-8-25(4)32(17-26)33-16-24(3)7-10-29(33)23-53(50,51)43-31-18-27-11-13-36(46)44(6-2)38(27)34(40)20-31/h5,7-10,16-21,42-43H,1,6,11-15,22-23H2,2-4H3. The van der Waals surface area contributed by atoms with Gasteiger partial charge in [0.15, 0.2) is 0 Å². The second kappa shape index (κ2) is 14.7. The maximum Gasteiger partial charge on any atom is 0.236 e. The van der Waals surface area contributed by atoms with Crippen LogP contribution in [-0.2, 0) is 54.0 Å². The van der Waals surface area contributed by atoms with Gasteiger partial charge in [0.25, 0.3) is 0 Å². The quantitative estimate of drug-likeness (QED) is 0.151. The number of aryl methyl sites for hydroxylation is 4. The summed E-state index contributed by atoms with van der Waals surface area (Å²) in [6.45, 7) is 9.50. The molecule has 2 aliphatic heterocycles. The summed E-state index contributed by atoms with van der Waals surface area (Å²) >= 11 is 0. The summed E-state index contributed by atoms with van der Waals surface area (Å²) in [6, 6.07) is 15.6. The summed E-state index contributed by atoms with van der Waals surface area (Å²) in [4.78, 5) is 27.3. The number of halogens is 2. The Bertz CT molecular complexity index is 2380. The summed E-state index contributed by atoms with van der Waals surface area (Å²) in [6.07, 6.45) is 2.42. The molecule has 2 aliphatic rings. The Morgan fingerprint density at radius 2 is 1.28 bits per heavy atom. The molecule has 53 heavy (non-hydrogen) atoms. The fourth-order valence-corrected chi connectivity index (χ4v) is 9.42. The average Bonchev–Trinajstić information content (AvgIpc) is 3.07. The molecule has 0 bridgehead atoms. The van der Waals surface area contributed by atoms with E-state index in [4.69, 9.17) is 0 Å². The first kappa shape index (κ1) is 37.7. The van der Waals surface area contributed by atoms with Crippen molar-refractivity contribution in [2.75, 3.05) is 32.3 Å². The molecular weight excluding hydrogens is 723 g/mol. The van der Waals surface area contributed by atoms with Crippen LogP contribution in [0.4, 0.5) is 31.5 Å². The number of nitrogens with zero attached hydrogens (tertiary/aromatic N) is 2. The topological polar surface area (TPSA) is 133 Å². The maximum atomic E-state index is 15.3. The first-order chi connectivity index (χ1) is 25.1. The van der Waals surface area contributed by atoms with Gasteiger partial charge < -0.3 is 9.80 Å². The molecule has 14 heteroatoms. The van der Waals surface area contributed by atoms with Gasteiger partial charge >= 0.3 is 0 Å². The minimum atomic E-state index is -4.07. The molecule has 2 heterocycles. The van der Waals surface area contributed by atoms with Crippen LogP contribution in [0, 0.1) is 25.5 Å². The summed E-state index contributed by atoms with van der Waals surface area (Å²) in [7, 11) is -8.12. The normalized spacial score (nSPS) is 14.5. The van der Waals surface area contributed by atoms with Crippen LogP contribution in [0.15, 0.2) is 73.3 Å². The van der Waals surface area contributed by atoms with E-state index in [0.717, 1.165) is 23.3 Å². The lowest BCUT2D eigenvalue weighted by atomic mass is 9.94. The number of hydrogen-bond acceptors (Lipinski definition) is 6. The Balaban J connectivity index is 1.24. The van der Waals surface area contributed by atoms with E-state index in [1.165, 1.54) is 21.9 Å². The zero-order valence-corrected chi connectivity index (χ0v) is 31.3. The molecule has 0 atom stereocenters. The van der Waals surface area contributed by atoms with Crippen molar-refractivity contribution in [2.24, 2.45) is 0 Å². The minimum Gasteiger partial charge on any atom is -0.310 e. The van der Waals surface area contributed by atoms with Crippen LogP contribution in [-0.4, -0.2) is 41.7 Å². The zero-order valence-electron chi connectivity index (χ0n) is 29.6. The minimum absolute atomic E-state index is 0.0372. The fraction of sp³-hybridized carbons (Fsp3) is 0.282. The third-order valence-corrected chi connectivity index (χ3v) is 11.9. The van der Waals surface area contributed by atoms with Crippen molar-refractivity contribution in [2.45, 2.75) is 58.0 Å². The first-order valence-corrected chi connectivity index (χ1v) is 20.5. The average molecular weight is 763 g/mol. The summed E-state index contributed by atoms with van der Waals surface area (Å²) in [5.74, 6) is -2.74. The van der Waals surface area contributed by atoms with Crippen molar-refractivity contribution in [1.82, 2.24) is 0 Å². The van der Waals surface area contributed by atoms with Gasteiger partial charge in [0, 0.05) is 38.1 Å². The number of benzene rings is 4. The number of rotatable bonds is 12. The molecule has 278 valence electrons. The summed E-state index contributed by atoms with van der Waals surface area (Å²) in [5.41, 5.74) is 5.13. The highest BCUT2D eigenvalue weighted by molar-refractivity contribution is 7.92. The molecule has 0 aliphatic carbocycles. The lowest BCUT2D eigenvalue weighted by Crippen LogP contribution is -2.36. The van der Waals surface area contributed by atoms with Crippen LogP contribution in [0.5, 0.6) is 0 Å². The fourth-order valence-electron chi connectivity index (χ4n) is 7.05. The molecule has 0 radical (unpaired) electrons. The molecule has 10 nitrogen and oxygen atoms in total. The van der Waals surface area contributed by atoms with Gasteiger partial charge in [-0.2, -0.15) is 0 Å². The van der Waals surface area contributed by atoms with Gasteiger partial charge in [0.05, 0.1) is 34.3 Å². The zero-order chi connectivity index (χ0) is 38.2. The Morgan fingerprint density at radius 3 is 1.87 bits per heavy atom. The molecular formula is C39H40F2N4O6S2. The molecule has 6 rings (SSSR count). The van der Waals surface area contributed by atoms with Crippen molar-refractivity contribution < 1.29 is 35.2 Å². The van der Waals surface area contributed by atoms with Crippen molar-refractivity contribution in [3.05, 3.63) is 118 Å². The molecule has 4 aromatic rings. The van der Waals surface area contributed by atoms with E-state index in [2.05, 4.69) is 16.0 Å². The lowest BCUT2D eigenvalue weighted by Gasteiger charge is -2.29. The smallest absolute Gasteiger partial charge is 0.236 e. The van der Waals surface area contributed by atoms with Gasteiger partial charge in [-0.1, -0.05) is 42.0 Å². The van der Waals surface area contributed by atoms with Gasteiger partial charge in [-0.05, 0) is 90.8 Å². The predicted molar refractivity (Wildman–Crippen MR) is 204 cm³/mol. The molecule has 2 amide bonds. The van der Waals surface area contributed by atoms with Crippen molar-refractivity contribution in [3.63, 3.8) is 0 Å². The molecule has 0 aromatic heterocycles. The number of nitrogens with one attached hydrogen (secondary N) is 2. The molecule has 0 fully saturated rings. The van der Waals surface area contributed by atoms with Gasteiger partial charge in [-0.25, -0.2) is 25.6 Å². The third-order valence-electron chi connectivity index (χ3n) is 9.38. The van der Waals surface area contributed by atoms with Crippen LogP contribution in [0.25, 0.3) is 11.1 Å². The number of hydrogen-bond donors (Lipinski definition) is 2. The molecule has 4 aromatic carbocycles. The van der Waals surface area contributed by atoms with Crippen LogP contribution < -0.4 is 19.2 Å². The summed E-state index contributed by atoms with van der Waals surface area (Å²) in [5, 5.41) is 0. The number of carbonyl (C=O) groups is 2. The van der Waals surface area contributed by atoms with Crippen LogP contribution >= 0.6 is 0 Å². The van der Waals surface area contributed by atoms with E-state index in [9.17, 15) is 26.4 Å². The number of anilines is 4. The maximum absolute atomic E-state index is 15.3. The van der Waals surface area contributed by atoms with Gasteiger partial charge in [-0.15, -0.1) is 6.58 Å². The van der Waals surface area contributed by atoms with Crippen molar-refractivity contribution in [1.29, 1.82) is 0 Å². The number of fused-ring (bicyclic) bond motifs is 2. The SMILES string of the molecule is C=CCN1C(=O)CCc2cc(NS(=O)(=O)Cc3ccc(C)c(-c4cc(C)ccc4CS(=O)(=O)Nc4cc(F)c5c(c4)CCC(=O)N5CC)c3)cc(F)c21. The molecule has 0 unspecified atom stereocenters. The van der Waals surface area contributed by atoms with Gasteiger partial charge in [0.1, 0.15) is 11.6 Å². The van der Waals surface area contributed by atoms with E-state index in [-0.39, 0.29) is 60.4 Å². The first-order valence-electron chi connectivity index (χ1n) is 17.1. The Labute approximate surface area is 308 Å². The van der Waals surface area contributed by atoms with E-state index >= 15 is 8.78 Å². The van der Waals surface area contributed by atoms with Gasteiger partial charge in [-0.3, -0.25) is 19.0 Å². The molecule has 2 N–H and O–H groups in total. The molecule has 0 spiro atoms. The second-order valence-corrected chi connectivity index (χ2v) is 16.8. The predicted octanol–water partition coefficient (Wildman–Crippen LogP) is 6.90. The Morgan fingerprint density at radius 1 is 0.717 bits per heavy atom.